The van der Waals surface area contributed by atoms with Gasteiger partial charge in [-0.05, 0) is 18.6 Å². The number of hydrogen-bond donors (Lipinski definition) is 2. The maximum atomic E-state index is 5.33. The fraction of sp³-hybridized carbons (Fsp3) is 0.583. The van der Waals surface area contributed by atoms with Crippen LogP contribution in [-0.4, -0.2) is 32.8 Å². The van der Waals surface area contributed by atoms with Gasteiger partial charge < -0.3 is 19.8 Å². The van der Waals surface area contributed by atoms with E-state index < -0.39 is 0 Å². The van der Waals surface area contributed by atoms with Crippen LogP contribution in [0.1, 0.15) is 12.2 Å². The molecule has 5 nitrogen and oxygen atoms in total. The standard InChI is InChI=1S/C12H19N3O2/c1-13-12(14-7-10-4-6-16-9-10)15-8-11-3-2-5-17-11/h2-3,5,10H,4,6-9H2,1H3,(H2,13,14,15). The van der Waals surface area contributed by atoms with Gasteiger partial charge in [-0.3, -0.25) is 4.99 Å². The van der Waals surface area contributed by atoms with Gasteiger partial charge in [-0.15, -0.1) is 0 Å². The average molecular weight is 237 g/mol. The molecule has 1 saturated heterocycles. The summed E-state index contributed by atoms with van der Waals surface area (Å²) in [6.07, 6.45) is 2.80. The summed E-state index contributed by atoms with van der Waals surface area (Å²) in [5, 5.41) is 6.49. The van der Waals surface area contributed by atoms with Crippen LogP contribution in [0.2, 0.25) is 0 Å². The molecule has 94 valence electrons. The molecule has 1 aliphatic rings. The number of guanidine groups is 1. The number of hydrogen-bond acceptors (Lipinski definition) is 3. The zero-order chi connectivity index (χ0) is 11.9. The molecule has 1 aliphatic heterocycles. The fourth-order valence-corrected chi connectivity index (χ4v) is 1.79. The van der Waals surface area contributed by atoms with E-state index in [1.165, 1.54) is 0 Å². The maximum absolute atomic E-state index is 5.33. The fourth-order valence-electron chi connectivity index (χ4n) is 1.79. The average Bonchev–Trinajstić information content (AvgIpc) is 3.02. The summed E-state index contributed by atoms with van der Waals surface area (Å²) in [6, 6.07) is 3.81. The van der Waals surface area contributed by atoms with E-state index in [4.69, 9.17) is 9.15 Å². The van der Waals surface area contributed by atoms with Crippen molar-refractivity contribution in [1.29, 1.82) is 0 Å². The highest BCUT2D eigenvalue weighted by atomic mass is 16.5. The van der Waals surface area contributed by atoms with Crippen molar-refractivity contribution in [3.63, 3.8) is 0 Å². The first kappa shape index (κ1) is 12.0. The van der Waals surface area contributed by atoms with Gasteiger partial charge in [-0.2, -0.15) is 0 Å². The molecule has 5 heteroatoms. The van der Waals surface area contributed by atoms with Crippen molar-refractivity contribution >= 4 is 5.96 Å². The Morgan fingerprint density at radius 2 is 2.47 bits per heavy atom. The second kappa shape index (κ2) is 6.30. The van der Waals surface area contributed by atoms with Crippen LogP contribution in [0, 0.1) is 5.92 Å². The molecule has 2 N–H and O–H groups in total. The molecule has 0 spiro atoms. The summed E-state index contributed by atoms with van der Waals surface area (Å²) in [6.45, 7) is 3.28. The molecule has 0 saturated carbocycles. The normalized spacial score (nSPS) is 20.5. The van der Waals surface area contributed by atoms with Gasteiger partial charge in [0.15, 0.2) is 5.96 Å². The van der Waals surface area contributed by atoms with E-state index in [1.807, 2.05) is 12.1 Å². The van der Waals surface area contributed by atoms with Gasteiger partial charge in [-0.1, -0.05) is 0 Å². The van der Waals surface area contributed by atoms with Gasteiger partial charge >= 0.3 is 0 Å². The number of aliphatic imine (C=N–C) groups is 1. The van der Waals surface area contributed by atoms with Crippen LogP contribution in [0.15, 0.2) is 27.8 Å². The van der Waals surface area contributed by atoms with Gasteiger partial charge in [0.05, 0.1) is 19.4 Å². The van der Waals surface area contributed by atoms with Crippen LogP contribution in [0.4, 0.5) is 0 Å². The summed E-state index contributed by atoms with van der Waals surface area (Å²) >= 11 is 0. The Morgan fingerprint density at radius 3 is 3.12 bits per heavy atom. The second-order valence-electron chi connectivity index (χ2n) is 4.12. The van der Waals surface area contributed by atoms with E-state index in [0.717, 1.165) is 37.9 Å². The van der Waals surface area contributed by atoms with E-state index in [-0.39, 0.29) is 0 Å². The number of nitrogens with zero attached hydrogens (tertiary/aromatic N) is 1. The number of furan rings is 1. The predicted octanol–water partition coefficient (Wildman–Crippen LogP) is 0.981. The highest BCUT2D eigenvalue weighted by Gasteiger charge is 2.15. The van der Waals surface area contributed by atoms with Crippen molar-refractivity contribution < 1.29 is 9.15 Å². The third-order valence-corrected chi connectivity index (χ3v) is 2.82. The van der Waals surface area contributed by atoms with E-state index in [2.05, 4.69) is 15.6 Å². The molecule has 0 radical (unpaired) electrons. The van der Waals surface area contributed by atoms with Gasteiger partial charge in [0.1, 0.15) is 5.76 Å². The van der Waals surface area contributed by atoms with Crippen molar-refractivity contribution in [2.45, 2.75) is 13.0 Å². The van der Waals surface area contributed by atoms with Crippen LogP contribution in [0.5, 0.6) is 0 Å². The first-order chi connectivity index (χ1) is 8.38. The van der Waals surface area contributed by atoms with Crippen molar-refractivity contribution in [3.05, 3.63) is 24.2 Å². The highest BCUT2D eigenvalue weighted by Crippen LogP contribution is 2.10. The second-order valence-corrected chi connectivity index (χ2v) is 4.12. The molecule has 0 aromatic carbocycles. The molecule has 1 unspecified atom stereocenters. The molecule has 2 rings (SSSR count). The Kier molecular flexibility index (Phi) is 4.44. The Bertz CT molecular complexity index is 343. The Balaban J connectivity index is 1.69. The summed E-state index contributed by atoms with van der Waals surface area (Å²) in [7, 11) is 1.77. The Morgan fingerprint density at radius 1 is 1.53 bits per heavy atom. The SMILES string of the molecule is CN=C(NCc1ccco1)NCC1CCOC1. The lowest BCUT2D eigenvalue weighted by atomic mass is 10.1. The molecule has 1 fully saturated rings. The quantitative estimate of drug-likeness (QED) is 0.605. The first-order valence-electron chi connectivity index (χ1n) is 5.93. The molecule has 17 heavy (non-hydrogen) atoms. The highest BCUT2D eigenvalue weighted by molar-refractivity contribution is 5.79. The molecular formula is C12H19N3O2. The minimum absolute atomic E-state index is 0.595. The van der Waals surface area contributed by atoms with Gasteiger partial charge in [-0.25, -0.2) is 0 Å². The largest absolute Gasteiger partial charge is 0.467 e. The maximum Gasteiger partial charge on any atom is 0.191 e. The van der Waals surface area contributed by atoms with E-state index >= 15 is 0 Å². The van der Waals surface area contributed by atoms with Crippen LogP contribution in [0.3, 0.4) is 0 Å². The topological polar surface area (TPSA) is 58.8 Å². The minimum atomic E-state index is 0.595. The van der Waals surface area contributed by atoms with Gasteiger partial charge in [0.2, 0.25) is 0 Å². The summed E-state index contributed by atoms with van der Waals surface area (Å²) in [4.78, 5) is 4.16. The summed E-state index contributed by atoms with van der Waals surface area (Å²) in [5.74, 6) is 2.29. The molecule has 0 bridgehead atoms. The van der Waals surface area contributed by atoms with Crippen molar-refractivity contribution in [3.8, 4) is 0 Å². The Labute approximate surface area is 101 Å². The molecule has 1 aromatic heterocycles. The number of ether oxygens (including phenoxy) is 1. The lowest BCUT2D eigenvalue weighted by Gasteiger charge is -2.13. The molecule has 1 aromatic rings. The van der Waals surface area contributed by atoms with E-state index in [1.54, 1.807) is 13.3 Å². The molecule has 2 heterocycles. The predicted molar refractivity (Wildman–Crippen MR) is 65.8 cm³/mol. The van der Waals surface area contributed by atoms with Crippen LogP contribution < -0.4 is 10.6 Å². The van der Waals surface area contributed by atoms with Crippen molar-refractivity contribution in [2.75, 3.05) is 26.8 Å². The smallest absolute Gasteiger partial charge is 0.191 e. The van der Waals surface area contributed by atoms with Crippen LogP contribution in [-0.2, 0) is 11.3 Å². The Hall–Kier alpha value is -1.49. The first-order valence-corrected chi connectivity index (χ1v) is 5.93. The molecule has 1 atom stereocenters. The third kappa shape index (κ3) is 3.78. The number of nitrogens with one attached hydrogen (secondary N) is 2. The minimum Gasteiger partial charge on any atom is -0.467 e. The van der Waals surface area contributed by atoms with Gasteiger partial charge in [0, 0.05) is 26.1 Å². The molecule has 0 amide bonds. The van der Waals surface area contributed by atoms with Gasteiger partial charge in [0.25, 0.3) is 0 Å². The molecular weight excluding hydrogens is 218 g/mol. The lowest BCUT2D eigenvalue weighted by molar-refractivity contribution is 0.186. The van der Waals surface area contributed by atoms with E-state index in [0.29, 0.717) is 12.5 Å². The van der Waals surface area contributed by atoms with Crippen molar-refractivity contribution in [1.82, 2.24) is 10.6 Å². The van der Waals surface area contributed by atoms with Crippen LogP contribution >= 0.6 is 0 Å². The van der Waals surface area contributed by atoms with Crippen molar-refractivity contribution in [2.24, 2.45) is 10.9 Å². The lowest BCUT2D eigenvalue weighted by Crippen LogP contribution is -2.39. The summed E-state index contributed by atoms with van der Waals surface area (Å²) in [5.41, 5.74) is 0. The molecule has 0 aliphatic carbocycles. The summed E-state index contributed by atoms with van der Waals surface area (Å²) < 4.78 is 10.6. The van der Waals surface area contributed by atoms with Crippen LogP contribution in [0.25, 0.3) is 0 Å². The zero-order valence-corrected chi connectivity index (χ0v) is 10.1. The third-order valence-electron chi connectivity index (χ3n) is 2.82. The zero-order valence-electron chi connectivity index (χ0n) is 10.1. The number of rotatable bonds is 4. The van der Waals surface area contributed by atoms with E-state index in [9.17, 15) is 0 Å². The monoisotopic (exact) mass is 237 g/mol.